The Bertz CT molecular complexity index is 466. The zero-order valence-corrected chi connectivity index (χ0v) is 11.9. The van der Waals surface area contributed by atoms with Crippen LogP contribution in [0.2, 0.25) is 0 Å². The van der Waals surface area contributed by atoms with Gasteiger partial charge >= 0.3 is 0 Å². The molecule has 0 saturated carbocycles. The lowest BCUT2D eigenvalue weighted by molar-refractivity contribution is -0.120. The number of fused-ring (bicyclic) bond motifs is 1. The van der Waals surface area contributed by atoms with Gasteiger partial charge in [-0.2, -0.15) is 0 Å². The van der Waals surface area contributed by atoms with Gasteiger partial charge in [-0.1, -0.05) is 24.3 Å². The molecule has 2 heterocycles. The normalized spacial score (nSPS) is 25.4. The molecule has 3 heteroatoms. The second kappa shape index (κ2) is 6.51. The van der Waals surface area contributed by atoms with Crippen LogP contribution < -0.4 is 5.32 Å². The van der Waals surface area contributed by atoms with Crippen molar-refractivity contribution >= 4 is 5.78 Å². The van der Waals surface area contributed by atoms with Crippen molar-refractivity contribution in [2.45, 2.75) is 50.7 Å². The molecule has 3 nitrogen and oxygen atoms in total. The number of ether oxygens (including phenoxy) is 1. The van der Waals surface area contributed by atoms with E-state index in [0.717, 1.165) is 32.5 Å². The van der Waals surface area contributed by atoms with Gasteiger partial charge in [0, 0.05) is 26.1 Å². The van der Waals surface area contributed by atoms with Gasteiger partial charge in [-0.3, -0.25) is 4.79 Å². The van der Waals surface area contributed by atoms with Crippen molar-refractivity contribution in [2.24, 2.45) is 0 Å². The average Bonchev–Trinajstić information content (AvgIpc) is 3.00. The predicted octanol–water partition coefficient (Wildman–Crippen LogP) is 2.79. The molecule has 2 aliphatic heterocycles. The molecule has 108 valence electrons. The fourth-order valence-electron chi connectivity index (χ4n) is 3.33. The third-order valence-electron chi connectivity index (χ3n) is 4.46. The van der Waals surface area contributed by atoms with E-state index in [9.17, 15) is 4.79 Å². The van der Waals surface area contributed by atoms with Crippen LogP contribution in [0.3, 0.4) is 0 Å². The number of ketones is 1. The SMILES string of the molecule is O=C(CCCC1CCCO1)C1CNCc2ccccc21. The summed E-state index contributed by atoms with van der Waals surface area (Å²) in [6, 6.07) is 8.31. The van der Waals surface area contributed by atoms with E-state index in [-0.39, 0.29) is 5.92 Å². The van der Waals surface area contributed by atoms with E-state index >= 15 is 0 Å². The van der Waals surface area contributed by atoms with E-state index in [1.54, 1.807) is 0 Å². The van der Waals surface area contributed by atoms with Crippen molar-refractivity contribution in [3.8, 4) is 0 Å². The van der Waals surface area contributed by atoms with Crippen molar-refractivity contribution in [1.29, 1.82) is 0 Å². The Morgan fingerprint density at radius 2 is 2.25 bits per heavy atom. The molecule has 2 unspecified atom stereocenters. The summed E-state index contributed by atoms with van der Waals surface area (Å²) < 4.78 is 5.61. The molecule has 2 atom stereocenters. The minimum Gasteiger partial charge on any atom is -0.378 e. The Hall–Kier alpha value is -1.19. The molecule has 3 rings (SSSR count). The van der Waals surface area contributed by atoms with Gasteiger partial charge in [0.2, 0.25) is 0 Å². The van der Waals surface area contributed by atoms with Crippen LogP contribution >= 0.6 is 0 Å². The Balaban J connectivity index is 1.55. The second-order valence-electron chi connectivity index (χ2n) is 5.88. The lowest BCUT2D eigenvalue weighted by Crippen LogP contribution is -2.32. The number of carbonyl (C=O) groups excluding carboxylic acids is 1. The van der Waals surface area contributed by atoms with Gasteiger partial charge in [-0.25, -0.2) is 0 Å². The first-order chi connectivity index (χ1) is 9.84. The molecule has 0 spiro atoms. The minimum absolute atomic E-state index is 0.0458. The van der Waals surface area contributed by atoms with Crippen molar-refractivity contribution in [3.05, 3.63) is 35.4 Å². The summed E-state index contributed by atoms with van der Waals surface area (Å²) in [5.41, 5.74) is 2.50. The number of hydrogen-bond donors (Lipinski definition) is 1. The number of rotatable bonds is 5. The molecule has 1 N–H and O–H groups in total. The highest BCUT2D eigenvalue weighted by molar-refractivity contribution is 5.86. The summed E-state index contributed by atoms with van der Waals surface area (Å²) in [4.78, 5) is 12.5. The van der Waals surface area contributed by atoms with Crippen LogP contribution in [0.15, 0.2) is 24.3 Å². The fraction of sp³-hybridized carbons (Fsp3) is 0.588. The smallest absolute Gasteiger partial charge is 0.141 e. The van der Waals surface area contributed by atoms with Crippen LogP contribution in [0.25, 0.3) is 0 Å². The van der Waals surface area contributed by atoms with Gasteiger partial charge < -0.3 is 10.1 Å². The maximum Gasteiger partial charge on any atom is 0.141 e. The molecule has 20 heavy (non-hydrogen) atoms. The van der Waals surface area contributed by atoms with Gasteiger partial charge in [0.1, 0.15) is 5.78 Å². The summed E-state index contributed by atoms with van der Waals surface area (Å²) in [6.07, 6.45) is 5.43. The van der Waals surface area contributed by atoms with E-state index in [0.29, 0.717) is 18.3 Å². The van der Waals surface area contributed by atoms with E-state index in [1.807, 2.05) is 12.1 Å². The van der Waals surface area contributed by atoms with Crippen molar-refractivity contribution < 1.29 is 9.53 Å². The monoisotopic (exact) mass is 273 g/mol. The lowest BCUT2D eigenvalue weighted by Gasteiger charge is -2.25. The van der Waals surface area contributed by atoms with Crippen LogP contribution in [0, 0.1) is 0 Å². The maximum absolute atomic E-state index is 12.5. The van der Waals surface area contributed by atoms with Crippen LogP contribution in [-0.2, 0) is 16.1 Å². The Morgan fingerprint density at radius 1 is 1.35 bits per heavy atom. The first-order valence-corrected chi connectivity index (χ1v) is 7.77. The summed E-state index contributed by atoms with van der Waals surface area (Å²) >= 11 is 0. The predicted molar refractivity (Wildman–Crippen MR) is 78.7 cm³/mol. The van der Waals surface area contributed by atoms with Crippen LogP contribution in [0.4, 0.5) is 0 Å². The summed E-state index contributed by atoms with van der Waals surface area (Å²) in [5.74, 6) is 0.423. The molecule has 0 amide bonds. The first-order valence-electron chi connectivity index (χ1n) is 7.77. The number of Topliss-reactive ketones (excluding diaryl/α,β-unsaturated/α-hetero) is 1. The Kier molecular flexibility index (Phi) is 4.48. The molecule has 2 aliphatic rings. The number of carbonyl (C=O) groups is 1. The van der Waals surface area contributed by atoms with Crippen molar-refractivity contribution in [2.75, 3.05) is 13.2 Å². The van der Waals surface area contributed by atoms with Crippen molar-refractivity contribution in [1.82, 2.24) is 5.32 Å². The molecule has 1 fully saturated rings. The molecular weight excluding hydrogens is 250 g/mol. The van der Waals surface area contributed by atoms with Gasteiger partial charge in [0.25, 0.3) is 0 Å². The fourth-order valence-corrected chi connectivity index (χ4v) is 3.33. The molecule has 1 aromatic rings. The number of nitrogens with one attached hydrogen (secondary N) is 1. The van der Waals surface area contributed by atoms with E-state index in [1.165, 1.54) is 24.0 Å². The molecule has 1 saturated heterocycles. The van der Waals surface area contributed by atoms with Crippen molar-refractivity contribution in [3.63, 3.8) is 0 Å². The standard InChI is InChI=1S/C17H23NO2/c19-17(9-3-6-14-7-4-10-20-14)16-12-18-11-13-5-1-2-8-15(13)16/h1-2,5,8,14,16,18H,3-4,6-7,9-12H2. The zero-order valence-electron chi connectivity index (χ0n) is 11.9. The minimum atomic E-state index is 0.0458. The Labute approximate surface area is 120 Å². The lowest BCUT2D eigenvalue weighted by atomic mass is 9.86. The van der Waals surface area contributed by atoms with E-state index < -0.39 is 0 Å². The molecule has 0 aliphatic carbocycles. The highest BCUT2D eigenvalue weighted by Crippen LogP contribution is 2.26. The topological polar surface area (TPSA) is 38.3 Å². The largest absolute Gasteiger partial charge is 0.378 e. The molecular formula is C17H23NO2. The molecule has 1 aromatic carbocycles. The van der Waals surface area contributed by atoms with Gasteiger partial charge in [0.15, 0.2) is 0 Å². The first kappa shape index (κ1) is 13.8. The third kappa shape index (κ3) is 3.10. The van der Waals surface area contributed by atoms with E-state index in [4.69, 9.17) is 4.74 Å². The number of benzene rings is 1. The van der Waals surface area contributed by atoms with Gasteiger partial charge in [-0.15, -0.1) is 0 Å². The highest BCUT2D eigenvalue weighted by Gasteiger charge is 2.25. The summed E-state index contributed by atoms with van der Waals surface area (Å²) in [5, 5.41) is 3.36. The maximum atomic E-state index is 12.5. The number of hydrogen-bond acceptors (Lipinski definition) is 3. The van der Waals surface area contributed by atoms with Crippen LogP contribution in [0.5, 0.6) is 0 Å². The third-order valence-corrected chi connectivity index (χ3v) is 4.46. The van der Waals surface area contributed by atoms with E-state index in [2.05, 4.69) is 17.4 Å². The molecule has 0 radical (unpaired) electrons. The van der Waals surface area contributed by atoms with Gasteiger partial charge in [0.05, 0.1) is 12.0 Å². The zero-order chi connectivity index (χ0) is 13.8. The highest BCUT2D eigenvalue weighted by atomic mass is 16.5. The van der Waals surface area contributed by atoms with Crippen LogP contribution in [0.1, 0.15) is 49.1 Å². The average molecular weight is 273 g/mol. The van der Waals surface area contributed by atoms with Crippen LogP contribution in [-0.4, -0.2) is 25.0 Å². The molecule has 0 aromatic heterocycles. The quantitative estimate of drug-likeness (QED) is 0.896. The molecule has 0 bridgehead atoms. The summed E-state index contributed by atoms with van der Waals surface area (Å²) in [7, 11) is 0. The second-order valence-corrected chi connectivity index (χ2v) is 5.88. The Morgan fingerprint density at radius 3 is 3.10 bits per heavy atom. The summed E-state index contributed by atoms with van der Waals surface area (Å²) in [6.45, 7) is 2.57. The van der Waals surface area contributed by atoms with Gasteiger partial charge in [-0.05, 0) is 36.8 Å².